The van der Waals surface area contributed by atoms with Crippen LogP contribution < -0.4 is 9.80 Å². The summed E-state index contributed by atoms with van der Waals surface area (Å²) >= 11 is 0. The molecule has 1 aromatic heterocycles. The largest absolute Gasteiger partial charge is 0.352 e. The minimum atomic E-state index is -0.312. The van der Waals surface area contributed by atoms with E-state index in [9.17, 15) is 4.79 Å². The zero-order valence-corrected chi connectivity index (χ0v) is 16.7. The van der Waals surface area contributed by atoms with Crippen LogP contribution in [0, 0.1) is 5.41 Å². The number of amides is 1. The summed E-state index contributed by atoms with van der Waals surface area (Å²) < 4.78 is 0. The van der Waals surface area contributed by atoms with E-state index in [4.69, 9.17) is 0 Å². The van der Waals surface area contributed by atoms with Crippen LogP contribution in [0.15, 0.2) is 12.1 Å². The minimum absolute atomic E-state index is 0.231. The number of rotatable bonds is 3. The molecule has 0 bridgehead atoms. The molecule has 6 heteroatoms. The van der Waals surface area contributed by atoms with Gasteiger partial charge in [0, 0.05) is 44.2 Å². The highest BCUT2D eigenvalue weighted by atomic mass is 16.2. The second kappa shape index (κ2) is 7.80. The maximum atomic E-state index is 12.4. The lowest BCUT2D eigenvalue weighted by atomic mass is 9.94. The molecule has 0 spiro atoms. The first kappa shape index (κ1) is 18.9. The Morgan fingerprint density at radius 2 is 1.69 bits per heavy atom. The van der Waals surface area contributed by atoms with Gasteiger partial charge in [-0.3, -0.25) is 4.79 Å². The molecule has 6 nitrogen and oxygen atoms in total. The lowest BCUT2D eigenvalue weighted by molar-refractivity contribution is -0.139. The van der Waals surface area contributed by atoms with E-state index in [2.05, 4.69) is 39.1 Å². The van der Waals surface area contributed by atoms with E-state index in [1.807, 2.05) is 25.7 Å². The summed E-state index contributed by atoms with van der Waals surface area (Å²) in [7, 11) is 0. The Morgan fingerprint density at radius 1 is 1.04 bits per heavy atom. The van der Waals surface area contributed by atoms with Crippen molar-refractivity contribution in [1.82, 2.24) is 15.1 Å². The van der Waals surface area contributed by atoms with Crippen LogP contribution in [0.3, 0.4) is 0 Å². The van der Waals surface area contributed by atoms with Crippen LogP contribution in [-0.2, 0) is 4.79 Å². The molecule has 144 valence electrons. The van der Waals surface area contributed by atoms with Crippen LogP contribution >= 0.6 is 0 Å². The van der Waals surface area contributed by atoms with Gasteiger partial charge in [0.05, 0.1) is 0 Å². The first-order valence-electron chi connectivity index (χ1n) is 10.0. The number of anilines is 2. The fourth-order valence-corrected chi connectivity index (χ4v) is 3.98. The minimum Gasteiger partial charge on any atom is -0.352 e. The van der Waals surface area contributed by atoms with Gasteiger partial charge in [0.15, 0.2) is 11.6 Å². The molecule has 2 aliphatic heterocycles. The lowest BCUT2D eigenvalue weighted by Gasteiger charge is -2.38. The summed E-state index contributed by atoms with van der Waals surface area (Å²) in [6, 6.07) is 4.80. The monoisotopic (exact) mass is 359 g/mol. The van der Waals surface area contributed by atoms with Gasteiger partial charge in [0.25, 0.3) is 0 Å². The topological polar surface area (TPSA) is 52.6 Å². The highest BCUT2D eigenvalue weighted by Crippen LogP contribution is 2.26. The predicted molar refractivity (Wildman–Crippen MR) is 106 cm³/mol. The van der Waals surface area contributed by atoms with Crippen molar-refractivity contribution in [3.63, 3.8) is 0 Å². The normalized spacial score (nSPS) is 21.8. The van der Waals surface area contributed by atoms with Crippen LogP contribution in [0.4, 0.5) is 11.6 Å². The molecule has 0 radical (unpaired) electrons. The molecule has 0 saturated carbocycles. The highest BCUT2D eigenvalue weighted by Gasteiger charge is 2.30. The predicted octanol–water partition coefficient (Wildman–Crippen LogP) is 2.94. The Balaban J connectivity index is 1.60. The van der Waals surface area contributed by atoms with Gasteiger partial charge in [-0.15, -0.1) is 10.2 Å². The molecule has 3 rings (SSSR count). The van der Waals surface area contributed by atoms with Gasteiger partial charge in [-0.05, 0) is 37.8 Å². The summed E-state index contributed by atoms with van der Waals surface area (Å²) in [6.07, 6.45) is 4.97. The molecule has 2 saturated heterocycles. The Kier molecular flexibility index (Phi) is 5.68. The zero-order valence-electron chi connectivity index (χ0n) is 16.7. The van der Waals surface area contributed by atoms with Gasteiger partial charge in [-0.25, -0.2) is 0 Å². The first-order chi connectivity index (χ1) is 12.4. The Bertz CT molecular complexity index is 602. The van der Waals surface area contributed by atoms with Crippen LogP contribution in [0.25, 0.3) is 0 Å². The standard InChI is InChI=1S/C20H33N5O/c1-5-16-8-6-7-11-25(16)18-10-9-17(21-22-18)23-12-14-24(15-13-23)19(26)20(2,3)4/h9-10,16H,5-8,11-15H2,1-4H3. The van der Waals surface area contributed by atoms with Crippen LogP contribution in [0.2, 0.25) is 0 Å². The Morgan fingerprint density at radius 3 is 2.27 bits per heavy atom. The van der Waals surface area contributed by atoms with Gasteiger partial charge < -0.3 is 14.7 Å². The van der Waals surface area contributed by atoms with Crippen LogP contribution in [0.1, 0.15) is 53.4 Å². The molecule has 3 heterocycles. The van der Waals surface area contributed by atoms with E-state index in [-0.39, 0.29) is 11.3 Å². The van der Waals surface area contributed by atoms with Gasteiger partial charge >= 0.3 is 0 Å². The third kappa shape index (κ3) is 4.10. The maximum Gasteiger partial charge on any atom is 0.228 e. The lowest BCUT2D eigenvalue weighted by Crippen LogP contribution is -2.52. The number of hydrogen-bond acceptors (Lipinski definition) is 5. The number of piperidine rings is 1. The average Bonchev–Trinajstić information content (AvgIpc) is 2.67. The van der Waals surface area contributed by atoms with Crippen molar-refractivity contribution < 1.29 is 4.79 Å². The second-order valence-electron chi connectivity index (χ2n) is 8.53. The molecule has 0 N–H and O–H groups in total. The van der Waals surface area contributed by atoms with E-state index in [0.717, 1.165) is 50.8 Å². The summed E-state index contributed by atoms with van der Waals surface area (Å²) in [5.41, 5.74) is -0.312. The van der Waals surface area contributed by atoms with Gasteiger partial charge in [-0.1, -0.05) is 27.7 Å². The van der Waals surface area contributed by atoms with Crippen molar-refractivity contribution in [3.8, 4) is 0 Å². The smallest absolute Gasteiger partial charge is 0.228 e. The molecule has 1 atom stereocenters. The molecular formula is C20H33N5O. The first-order valence-corrected chi connectivity index (χ1v) is 10.0. The fourth-order valence-electron chi connectivity index (χ4n) is 3.98. The molecule has 1 unspecified atom stereocenters. The van der Waals surface area contributed by atoms with Crippen molar-refractivity contribution in [2.75, 3.05) is 42.5 Å². The summed E-state index contributed by atoms with van der Waals surface area (Å²) in [4.78, 5) is 19.0. The summed E-state index contributed by atoms with van der Waals surface area (Å²) in [5, 5.41) is 9.02. The Hall–Kier alpha value is -1.85. The SMILES string of the molecule is CCC1CCCCN1c1ccc(N2CCN(C(=O)C(C)(C)C)CC2)nn1. The molecular weight excluding hydrogens is 326 g/mol. The van der Waals surface area contributed by atoms with E-state index in [1.165, 1.54) is 19.3 Å². The van der Waals surface area contributed by atoms with Crippen molar-refractivity contribution >= 4 is 17.5 Å². The number of nitrogens with zero attached hydrogens (tertiary/aromatic N) is 5. The highest BCUT2D eigenvalue weighted by molar-refractivity contribution is 5.81. The van der Waals surface area contributed by atoms with Crippen molar-refractivity contribution in [3.05, 3.63) is 12.1 Å². The maximum absolute atomic E-state index is 12.4. The Labute approximate surface area is 157 Å². The molecule has 1 aromatic rings. The molecule has 0 aromatic carbocycles. The summed E-state index contributed by atoms with van der Waals surface area (Å²) in [6.45, 7) is 12.4. The van der Waals surface area contributed by atoms with Crippen LogP contribution in [0.5, 0.6) is 0 Å². The third-order valence-corrected chi connectivity index (χ3v) is 5.56. The van der Waals surface area contributed by atoms with E-state index in [1.54, 1.807) is 0 Å². The number of hydrogen-bond donors (Lipinski definition) is 0. The van der Waals surface area contributed by atoms with Gasteiger partial charge in [0.1, 0.15) is 0 Å². The van der Waals surface area contributed by atoms with E-state index in [0.29, 0.717) is 6.04 Å². The molecule has 1 amide bonds. The molecule has 26 heavy (non-hydrogen) atoms. The number of carbonyl (C=O) groups is 1. The number of aromatic nitrogens is 2. The second-order valence-corrected chi connectivity index (χ2v) is 8.53. The van der Waals surface area contributed by atoms with Crippen LogP contribution in [-0.4, -0.2) is 59.8 Å². The van der Waals surface area contributed by atoms with Crippen molar-refractivity contribution in [1.29, 1.82) is 0 Å². The van der Waals surface area contributed by atoms with E-state index < -0.39 is 0 Å². The molecule has 2 fully saturated rings. The summed E-state index contributed by atoms with van der Waals surface area (Å²) in [5.74, 6) is 2.15. The molecule has 0 aliphatic carbocycles. The quantitative estimate of drug-likeness (QED) is 0.830. The van der Waals surface area contributed by atoms with Gasteiger partial charge in [-0.2, -0.15) is 0 Å². The third-order valence-electron chi connectivity index (χ3n) is 5.56. The van der Waals surface area contributed by atoms with E-state index >= 15 is 0 Å². The fraction of sp³-hybridized carbons (Fsp3) is 0.750. The van der Waals surface area contributed by atoms with Crippen molar-refractivity contribution in [2.45, 2.75) is 59.4 Å². The number of carbonyl (C=O) groups excluding carboxylic acids is 1. The van der Waals surface area contributed by atoms with Gasteiger partial charge in [0.2, 0.25) is 5.91 Å². The molecule has 2 aliphatic rings. The zero-order chi connectivity index (χ0) is 18.7. The average molecular weight is 360 g/mol. The van der Waals surface area contributed by atoms with Crippen molar-refractivity contribution in [2.24, 2.45) is 5.41 Å². The number of piperazine rings is 1.